The van der Waals surface area contributed by atoms with Gasteiger partial charge in [-0.1, -0.05) is 45.0 Å². The number of hydrogen-bond acceptors (Lipinski definition) is 2. The Morgan fingerprint density at radius 1 is 1.11 bits per heavy atom. The van der Waals surface area contributed by atoms with Gasteiger partial charge in [0.25, 0.3) is 0 Å². The summed E-state index contributed by atoms with van der Waals surface area (Å²) in [6.45, 7) is 6.07. The van der Waals surface area contributed by atoms with Crippen LogP contribution in [0.15, 0.2) is 24.3 Å². The smallest absolute Gasteiger partial charge is 0.310 e. The van der Waals surface area contributed by atoms with Crippen LogP contribution in [0.25, 0.3) is 0 Å². The predicted octanol–water partition coefficient (Wildman–Crippen LogP) is 3.03. The van der Waals surface area contributed by atoms with E-state index in [4.69, 9.17) is 5.11 Å². The monoisotopic (exact) mass is 248 g/mol. The number of benzene rings is 1. The van der Waals surface area contributed by atoms with Crippen LogP contribution in [0.3, 0.4) is 0 Å². The van der Waals surface area contributed by atoms with Crippen molar-refractivity contribution in [2.45, 2.75) is 39.5 Å². The molecule has 0 unspecified atom stereocenters. The highest BCUT2D eigenvalue weighted by atomic mass is 16.4. The number of Topliss-reactive ketones (excluding diaryl/α,β-unsaturated/α-hetero) is 1. The number of carboxylic acid groups (broad SMARTS) is 1. The highest BCUT2D eigenvalue weighted by Gasteiger charge is 2.17. The number of carboxylic acids is 1. The summed E-state index contributed by atoms with van der Waals surface area (Å²) in [5, 5.41) is 8.60. The van der Waals surface area contributed by atoms with Crippen LogP contribution < -0.4 is 0 Å². The van der Waals surface area contributed by atoms with Gasteiger partial charge in [-0.25, -0.2) is 0 Å². The lowest BCUT2D eigenvalue weighted by atomic mass is 9.93. The Morgan fingerprint density at radius 2 is 1.67 bits per heavy atom. The van der Waals surface area contributed by atoms with Crippen LogP contribution >= 0.6 is 0 Å². The molecule has 1 atom stereocenters. The number of carbonyl (C=O) groups excluding carboxylic acids is 1. The van der Waals surface area contributed by atoms with Gasteiger partial charge < -0.3 is 5.11 Å². The van der Waals surface area contributed by atoms with Gasteiger partial charge in [0.15, 0.2) is 5.78 Å². The fourth-order valence-electron chi connectivity index (χ4n) is 1.90. The molecule has 1 aromatic carbocycles. The molecular weight excluding hydrogens is 228 g/mol. The second kappa shape index (κ2) is 6.34. The molecule has 18 heavy (non-hydrogen) atoms. The van der Waals surface area contributed by atoms with Crippen molar-refractivity contribution in [1.29, 1.82) is 0 Å². The largest absolute Gasteiger partial charge is 0.481 e. The fourth-order valence-corrected chi connectivity index (χ4v) is 1.90. The zero-order valence-electron chi connectivity index (χ0n) is 11.1. The molecule has 0 aliphatic carbocycles. The van der Waals surface area contributed by atoms with E-state index in [0.717, 1.165) is 12.0 Å². The summed E-state index contributed by atoms with van der Waals surface area (Å²) in [6.07, 6.45) is 0.604. The van der Waals surface area contributed by atoms with Gasteiger partial charge in [-0.3, -0.25) is 9.59 Å². The molecule has 1 aromatic rings. The van der Waals surface area contributed by atoms with E-state index in [-0.39, 0.29) is 11.7 Å². The van der Waals surface area contributed by atoms with Crippen LogP contribution in [0.1, 0.15) is 44.2 Å². The van der Waals surface area contributed by atoms with Gasteiger partial charge in [-0.2, -0.15) is 0 Å². The molecule has 1 rings (SSSR count). The molecule has 0 heterocycles. The van der Waals surface area contributed by atoms with Crippen molar-refractivity contribution in [2.75, 3.05) is 0 Å². The maximum Gasteiger partial charge on any atom is 0.310 e. The van der Waals surface area contributed by atoms with Crippen molar-refractivity contribution in [2.24, 2.45) is 5.92 Å². The molecule has 0 fully saturated rings. The van der Waals surface area contributed by atoms with Crippen molar-refractivity contribution < 1.29 is 14.7 Å². The maximum absolute atomic E-state index is 11.6. The number of hydrogen-bond donors (Lipinski definition) is 1. The minimum atomic E-state index is -1.07. The lowest BCUT2D eigenvalue weighted by Gasteiger charge is -2.11. The average molecular weight is 248 g/mol. The summed E-state index contributed by atoms with van der Waals surface area (Å²) < 4.78 is 0. The second-order valence-electron chi connectivity index (χ2n) is 5.10. The van der Waals surface area contributed by atoms with E-state index in [0.29, 0.717) is 5.92 Å². The first-order valence-corrected chi connectivity index (χ1v) is 6.23. The third kappa shape index (κ3) is 4.32. The minimum absolute atomic E-state index is 0.251. The van der Waals surface area contributed by atoms with Gasteiger partial charge in [0.05, 0.1) is 0 Å². The molecule has 0 saturated heterocycles. The molecule has 3 nitrogen and oxygen atoms in total. The van der Waals surface area contributed by atoms with Crippen molar-refractivity contribution in [1.82, 2.24) is 0 Å². The van der Waals surface area contributed by atoms with E-state index in [9.17, 15) is 9.59 Å². The molecule has 3 heteroatoms. The van der Waals surface area contributed by atoms with E-state index in [1.165, 1.54) is 5.56 Å². The summed E-state index contributed by atoms with van der Waals surface area (Å²) in [5.41, 5.74) is 2.13. The highest BCUT2D eigenvalue weighted by Crippen LogP contribution is 2.19. The summed E-state index contributed by atoms with van der Waals surface area (Å²) >= 11 is 0. The Balaban J connectivity index is 2.72. The van der Waals surface area contributed by atoms with Gasteiger partial charge in [0.2, 0.25) is 0 Å². The standard InChI is InChI=1S/C15H20O3/c1-10(2)8-12-4-6-13(7-5-12)11(3)14(16)9-15(17)18/h4-7,10-11H,8-9H2,1-3H3,(H,17,18)/t11-/m1/s1. The first-order chi connectivity index (χ1) is 8.40. The Morgan fingerprint density at radius 3 is 2.11 bits per heavy atom. The molecule has 0 amide bonds. The lowest BCUT2D eigenvalue weighted by Crippen LogP contribution is -2.13. The van der Waals surface area contributed by atoms with Crippen molar-refractivity contribution in [3.8, 4) is 0 Å². The normalized spacial score (nSPS) is 12.4. The SMILES string of the molecule is CC(C)Cc1ccc([C@@H](C)C(=O)CC(=O)O)cc1. The zero-order chi connectivity index (χ0) is 13.7. The average Bonchev–Trinajstić information content (AvgIpc) is 2.27. The summed E-state index contributed by atoms with van der Waals surface area (Å²) in [7, 11) is 0. The van der Waals surface area contributed by atoms with Crippen LogP contribution in [-0.4, -0.2) is 16.9 Å². The van der Waals surface area contributed by atoms with Crippen LogP contribution in [0.4, 0.5) is 0 Å². The topological polar surface area (TPSA) is 54.4 Å². The summed E-state index contributed by atoms with van der Waals surface area (Å²) in [5.74, 6) is -1.07. The van der Waals surface area contributed by atoms with Crippen molar-refractivity contribution in [3.63, 3.8) is 0 Å². The molecule has 0 aliphatic heterocycles. The van der Waals surface area contributed by atoms with Gasteiger partial charge >= 0.3 is 5.97 Å². The third-order valence-electron chi connectivity index (χ3n) is 2.93. The molecule has 0 aliphatic rings. The van der Waals surface area contributed by atoms with E-state index in [1.807, 2.05) is 24.3 Å². The van der Waals surface area contributed by atoms with Crippen LogP contribution in [0.5, 0.6) is 0 Å². The zero-order valence-corrected chi connectivity index (χ0v) is 11.1. The summed E-state index contributed by atoms with van der Waals surface area (Å²) in [4.78, 5) is 22.1. The third-order valence-corrected chi connectivity index (χ3v) is 2.93. The number of rotatable bonds is 6. The predicted molar refractivity (Wildman–Crippen MR) is 70.7 cm³/mol. The van der Waals surface area contributed by atoms with Gasteiger partial charge in [-0.05, 0) is 23.5 Å². The summed E-state index contributed by atoms with van der Waals surface area (Å²) in [6, 6.07) is 7.87. The first-order valence-electron chi connectivity index (χ1n) is 6.23. The molecule has 0 saturated carbocycles. The lowest BCUT2D eigenvalue weighted by molar-refractivity contribution is -0.140. The molecule has 0 spiro atoms. The molecular formula is C15H20O3. The maximum atomic E-state index is 11.6. The van der Waals surface area contributed by atoms with Crippen LogP contribution in [0.2, 0.25) is 0 Å². The van der Waals surface area contributed by atoms with Gasteiger partial charge in [-0.15, -0.1) is 0 Å². The van der Waals surface area contributed by atoms with Crippen LogP contribution in [0, 0.1) is 5.92 Å². The second-order valence-corrected chi connectivity index (χ2v) is 5.10. The first kappa shape index (κ1) is 14.4. The molecule has 0 bridgehead atoms. The molecule has 0 aromatic heterocycles. The van der Waals surface area contributed by atoms with E-state index < -0.39 is 12.4 Å². The Bertz CT molecular complexity index is 418. The van der Waals surface area contributed by atoms with Crippen molar-refractivity contribution in [3.05, 3.63) is 35.4 Å². The Labute approximate surface area is 108 Å². The van der Waals surface area contributed by atoms with Gasteiger partial charge in [0.1, 0.15) is 6.42 Å². The van der Waals surface area contributed by atoms with E-state index in [2.05, 4.69) is 13.8 Å². The van der Waals surface area contributed by atoms with Gasteiger partial charge in [0, 0.05) is 5.92 Å². The number of ketones is 1. The van der Waals surface area contributed by atoms with Crippen LogP contribution in [-0.2, 0) is 16.0 Å². The number of carbonyl (C=O) groups is 2. The van der Waals surface area contributed by atoms with E-state index in [1.54, 1.807) is 6.92 Å². The Kier molecular flexibility index (Phi) is 5.08. The molecule has 0 radical (unpaired) electrons. The minimum Gasteiger partial charge on any atom is -0.481 e. The van der Waals surface area contributed by atoms with E-state index >= 15 is 0 Å². The molecule has 98 valence electrons. The molecule has 1 N–H and O–H groups in total. The number of aliphatic carboxylic acids is 1. The fraction of sp³-hybridized carbons (Fsp3) is 0.467. The highest BCUT2D eigenvalue weighted by molar-refractivity contribution is 5.98. The Hall–Kier alpha value is -1.64. The quantitative estimate of drug-likeness (QED) is 0.787. The van der Waals surface area contributed by atoms with Crippen molar-refractivity contribution >= 4 is 11.8 Å².